The van der Waals surface area contributed by atoms with Gasteiger partial charge >= 0.3 is 6.18 Å². The molecule has 2 aromatic carbocycles. The number of aryl methyl sites for hydroxylation is 2. The summed E-state index contributed by atoms with van der Waals surface area (Å²) in [6.45, 7) is 5.22. The highest BCUT2D eigenvalue weighted by Gasteiger charge is 2.32. The van der Waals surface area contributed by atoms with E-state index in [0.29, 0.717) is 28.7 Å². The first-order valence-electron chi connectivity index (χ1n) is 11.8. The zero-order valence-electron chi connectivity index (χ0n) is 20.0. The van der Waals surface area contributed by atoms with Gasteiger partial charge in [0.05, 0.1) is 16.9 Å². The molecule has 186 valence electrons. The Labute approximate surface area is 207 Å². The molecule has 4 aromatic rings. The van der Waals surface area contributed by atoms with Gasteiger partial charge in [0, 0.05) is 36.2 Å². The summed E-state index contributed by atoms with van der Waals surface area (Å²) < 4.78 is 42.9. The van der Waals surface area contributed by atoms with E-state index in [0.717, 1.165) is 55.6 Å². The summed E-state index contributed by atoms with van der Waals surface area (Å²) >= 11 is 0. The molecule has 0 bridgehead atoms. The summed E-state index contributed by atoms with van der Waals surface area (Å²) in [5, 5.41) is 7.52. The van der Waals surface area contributed by atoms with E-state index in [1.807, 2.05) is 43.0 Å². The van der Waals surface area contributed by atoms with Crippen LogP contribution in [-0.2, 0) is 6.18 Å². The first-order valence-corrected chi connectivity index (χ1v) is 11.8. The molecule has 1 aliphatic rings. The zero-order valence-corrected chi connectivity index (χ0v) is 20.0. The van der Waals surface area contributed by atoms with Crippen molar-refractivity contribution in [3.05, 3.63) is 71.9 Å². The minimum absolute atomic E-state index is 0.296. The largest absolute Gasteiger partial charge is 0.416 e. The number of hydrogen-bond donors (Lipinski definition) is 1. The maximum Gasteiger partial charge on any atom is 0.416 e. The lowest BCUT2D eigenvalue weighted by Gasteiger charge is -2.29. The molecule has 0 aliphatic carbocycles. The Morgan fingerprint density at radius 1 is 0.861 bits per heavy atom. The van der Waals surface area contributed by atoms with Crippen LogP contribution in [0.5, 0.6) is 0 Å². The fourth-order valence-electron chi connectivity index (χ4n) is 4.42. The average molecular weight is 494 g/mol. The number of rotatable bonds is 5. The average Bonchev–Trinajstić information content (AvgIpc) is 3.22. The summed E-state index contributed by atoms with van der Waals surface area (Å²) in [6, 6.07) is 13.3. The van der Waals surface area contributed by atoms with Crippen molar-refractivity contribution in [2.24, 2.45) is 0 Å². The Morgan fingerprint density at radius 2 is 1.61 bits per heavy atom. The van der Waals surface area contributed by atoms with Crippen molar-refractivity contribution >= 4 is 17.3 Å². The molecule has 5 rings (SSSR count). The maximum atomic E-state index is 13.7. The number of nitrogens with zero attached hydrogens (tertiary/aromatic N) is 6. The van der Waals surface area contributed by atoms with Gasteiger partial charge in [0.15, 0.2) is 0 Å². The molecule has 0 radical (unpaired) electrons. The van der Waals surface area contributed by atoms with Crippen molar-refractivity contribution in [1.82, 2.24) is 24.7 Å². The van der Waals surface area contributed by atoms with Crippen molar-refractivity contribution in [2.45, 2.75) is 39.3 Å². The molecule has 1 saturated heterocycles. The van der Waals surface area contributed by atoms with Crippen LogP contribution in [0.4, 0.5) is 30.5 Å². The van der Waals surface area contributed by atoms with Crippen LogP contribution < -0.4 is 10.2 Å². The molecule has 0 amide bonds. The third-order valence-electron chi connectivity index (χ3n) is 6.16. The monoisotopic (exact) mass is 493 g/mol. The molecule has 1 aliphatic heterocycles. The van der Waals surface area contributed by atoms with Crippen LogP contribution in [-0.4, -0.2) is 37.8 Å². The van der Waals surface area contributed by atoms with Gasteiger partial charge in [-0.05, 0) is 81.6 Å². The molecule has 1 N–H and O–H groups in total. The lowest BCUT2D eigenvalue weighted by molar-refractivity contribution is -0.137. The van der Waals surface area contributed by atoms with Crippen LogP contribution >= 0.6 is 0 Å². The number of alkyl halides is 3. The predicted molar refractivity (Wildman–Crippen MR) is 133 cm³/mol. The third-order valence-corrected chi connectivity index (χ3v) is 6.16. The van der Waals surface area contributed by atoms with Crippen molar-refractivity contribution in [2.75, 3.05) is 23.3 Å². The SMILES string of the molecule is Cc1nc(C)n(-c2ccc(Nc3nccc(-c4cc(N5CCCCC5)cc(C(F)(F)F)c4)n3)cc2)n1. The molecular formula is C26H26F3N7. The molecule has 2 aromatic heterocycles. The van der Waals surface area contributed by atoms with Gasteiger partial charge in [0.1, 0.15) is 11.6 Å². The number of aromatic nitrogens is 5. The van der Waals surface area contributed by atoms with E-state index in [4.69, 9.17) is 0 Å². The van der Waals surface area contributed by atoms with E-state index in [1.54, 1.807) is 23.0 Å². The first kappa shape index (κ1) is 23.8. The van der Waals surface area contributed by atoms with Gasteiger partial charge in [-0.3, -0.25) is 0 Å². The summed E-state index contributed by atoms with van der Waals surface area (Å²) in [4.78, 5) is 15.1. The Balaban J connectivity index is 1.42. The predicted octanol–water partition coefficient (Wildman–Crippen LogP) is 6.09. The molecule has 0 unspecified atom stereocenters. The molecule has 0 saturated carbocycles. The summed E-state index contributed by atoms with van der Waals surface area (Å²) in [5.41, 5.74) is 2.32. The summed E-state index contributed by atoms with van der Waals surface area (Å²) in [7, 11) is 0. The van der Waals surface area contributed by atoms with Crippen LogP contribution in [0.2, 0.25) is 0 Å². The van der Waals surface area contributed by atoms with Crippen LogP contribution in [0.25, 0.3) is 16.9 Å². The second-order valence-electron chi connectivity index (χ2n) is 8.87. The maximum absolute atomic E-state index is 13.7. The standard InChI is InChI=1S/C26H26F3N7/c1-17-31-18(2)36(34-17)22-8-6-21(7-9-22)32-25-30-11-10-24(33-25)19-14-20(26(27,28)29)16-23(15-19)35-12-4-3-5-13-35/h6-11,14-16H,3-5,12-13H2,1-2H3,(H,30,32,33). The highest BCUT2D eigenvalue weighted by Crippen LogP contribution is 2.36. The molecule has 36 heavy (non-hydrogen) atoms. The topological polar surface area (TPSA) is 71.8 Å². The number of benzene rings is 2. The molecule has 7 nitrogen and oxygen atoms in total. The van der Waals surface area contributed by atoms with Crippen molar-refractivity contribution < 1.29 is 13.2 Å². The Hall–Kier alpha value is -3.95. The smallest absolute Gasteiger partial charge is 0.372 e. The van der Waals surface area contributed by atoms with Crippen LogP contribution in [0.3, 0.4) is 0 Å². The molecule has 3 heterocycles. The fourth-order valence-corrected chi connectivity index (χ4v) is 4.42. The second kappa shape index (κ2) is 9.60. The van der Waals surface area contributed by atoms with Crippen molar-refractivity contribution in [1.29, 1.82) is 0 Å². The van der Waals surface area contributed by atoms with Crippen molar-refractivity contribution in [3.63, 3.8) is 0 Å². The van der Waals surface area contributed by atoms with E-state index in [1.165, 1.54) is 6.07 Å². The summed E-state index contributed by atoms with van der Waals surface area (Å²) in [6.07, 6.45) is 0.144. The second-order valence-corrected chi connectivity index (χ2v) is 8.87. The van der Waals surface area contributed by atoms with E-state index >= 15 is 0 Å². The van der Waals surface area contributed by atoms with Crippen LogP contribution in [0.1, 0.15) is 36.5 Å². The Morgan fingerprint density at radius 3 is 2.28 bits per heavy atom. The number of hydrogen-bond acceptors (Lipinski definition) is 6. The van der Waals surface area contributed by atoms with E-state index in [-0.39, 0.29) is 0 Å². The lowest BCUT2D eigenvalue weighted by Crippen LogP contribution is -2.29. The van der Waals surface area contributed by atoms with Gasteiger partial charge in [0.25, 0.3) is 0 Å². The Kier molecular flexibility index (Phi) is 6.34. The Bertz CT molecular complexity index is 1360. The quantitative estimate of drug-likeness (QED) is 0.363. The zero-order chi connectivity index (χ0) is 25.3. The van der Waals surface area contributed by atoms with Crippen molar-refractivity contribution in [3.8, 4) is 16.9 Å². The number of nitrogens with one attached hydrogen (secondary N) is 1. The summed E-state index contributed by atoms with van der Waals surface area (Å²) in [5.74, 6) is 1.78. The van der Waals surface area contributed by atoms with Gasteiger partial charge < -0.3 is 10.2 Å². The lowest BCUT2D eigenvalue weighted by atomic mass is 10.0. The first-order chi connectivity index (χ1) is 17.3. The van der Waals surface area contributed by atoms with Gasteiger partial charge in [-0.2, -0.15) is 18.3 Å². The molecule has 1 fully saturated rings. The number of halogens is 3. The highest BCUT2D eigenvalue weighted by molar-refractivity contribution is 5.69. The molecular weight excluding hydrogens is 467 g/mol. The molecule has 10 heteroatoms. The van der Waals surface area contributed by atoms with E-state index in [2.05, 4.69) is 25.4 Å². The third kappa shape index (κ3) is 5.17. The minimum atomic E-state index is -4.45. The van der Waals surface area contributed by atoms with Gasteiger partial charge in [-0.25, -0.2) is 19.6 Å². The molecule has 0 spiro atoms. The van der Waals surface area contributed by atoms with Gasteiger partial charge in [0.2, 0.25) is 5.95 Å². The number of anilines is 3. The molecule has 0 atom stereocenters. The normalized spacial score (nSPS) is 14.2. The highest BCUT2D eigenvalue weighted by atomic mass is 19.4. The van der Waals surface area contributed by atoms with E-state index < -0.39 is 11.7 Å². The van der Waals surface area contributed by atoms with E-state index in [9.17, 15) is 13.2 Å². The van der Waals surface area contributed by atoms with Crippen LogP contribution in [0.15, 0.2) is 54.7 Å². The van der Waals surface area contributed by atoms with Gasteiger partial charge in [-0.15, -0.1) is 0 Å². The number of piperidine rings is 1. The minimum Gasteiger partial charge on any atom is -0.372 e. The fraction of sp³-hybridized carbons (Fsp3) is 0.308. The van der Waals surface area contributed by atoms with Gasteiger partial charge in [-0.1, -0.05) is 0 Å². The van der Waals surface area contributed by atoms with Crippen LogP contribution in [0, 0.1) is 13.8 Å².